The summed E-state index contributed by atoms with van der Waals surface area (Å²) in [6, 6.07) is 3.45. The van der Waals surface area contributed by atoms with Gasteiger partial charge in [0.2, 0.25) is 0 Å². The van der Waals surface area contributed by atoms with Gasteiger partial charge < -0.3 is 15.5 Å². The van der Waals surface area contributed by atoms with Crippen LogP contribution in [0.5, 0.6) is 5.75 Å². The number of nitrogens with zero attached hydrogens (tertiary/aromatic N) is 1. The van der Waals surface area contributed by atoms with Crippen LogP contribution in [0.3, 0.4) is 0 Å². The number of carbonyl (C=O) groups excluding carboxylic acids is 2. The highest BCUT2D eigenvalue weighted by Gasteiger charge is 2.31. The number of amides is 2. The fraction of sp³-hybridized carbons (Fsp3) is 0.286. The molecule has 106 valence electrons. The number of aliphatic hydroxyl groups is 1. The Labute approximate surface area is 116 Å². The molecular weight excluding hydrogens is 260 g/mol. The average molecular weight is 276 g/mol. The monoisotopic (exact) mass is 276 g/mol. The van der Waals surface area contributed by atoms with Gasteiger partial charge in [-0.05, 0) is 31.0 Å². The average Bonchev–Trinajstić information content (AvgIpc) is 2.67. The summed E-state index contributed by atoms with van der Waals surface area (Å²) in [7, 11) is 0. The van der Waals surface area contributed by atoms with E-state index in [1.165, 1.54) is 0 Å². The Hall–Kier alpha value is -2.34. The van der Waals surface area contributed by atoms with E-state index in [2.05, 4.69) is 5.32 Å². The number of aliphatic hydroxyl groups excluding tert-OH is 1. The van der Waals surface area contributed by atoms with Crippen molar-refractivity contribution in [3.05, 3.63) is 35.0 Å². The molecule has 0 bridgehead atoms. The van der Waals surface area contributed by atoms with Gasteiger partial charge in [0.1, 0.15) is 11.4 Å². The molecule has 0 atom stereocenters. The number of β-amino-alcohol motifs (C(OH)–C–C–N with tert-alkyl or cyclic N) is 1. The highest BCUT2D eigenvalue weighted by molar-refractivity contribution is 6.17. The molecule has 0 fully saturated rings. The zero-order valence-corrected chi connectivity index (χ0v) is 11.3. The summed E-state index contributed by atoms with van der Waals surface area (Å²) in [5.74, 6) is -0.941. The summed E-state index contributed by atoms with van der Waals surface area (Å²) in [5.41, 5.74) is 2.09. The number of phenols is 1. The molecule has 2 amide bonds. The van der Waals surface area contributed by atoms with Gasteiger partial charge in [0.15, 0.2) is 0 Å². The molecule has 0 saturated carbocycles. The molecule has 20 heavy (non-hydrogen) atoms. The number of benzene rings is 1. The topological polar surface area (TPSA) is 89.9 Å². The van der Waals surface area contributed by atoms with Gasteiger partial charge in [-0.15, -0.1) is 0 Å². The minimum Gasteiger partial charge on any atom is -0.505 e. The number of carbonyl (C=O) groups is 2. The van der Waals surface area contributed by atoms with Gasteiger partial charge in [0.25, 0.3) is 11.8 Å². The van der Waals surface area contributed by atoms with Crippen LogP contribution in [0.4, 0.5) is 5.69 Å². The summed E-state index contributed by atoms with van der Waals surface area (Å²) < 4.78 is 0. The Balaban J connectivity index is 2.24. The van der Waals surface area contributed by atoms with Gasteiger partial charge in [0.05, 0.1) is 18.8 Å². The van der Waals surface area contributed by atoms with Gasteiger partial charge in [0, 0.05) is 6.08 Å². The molecule has 1 aliphatic rings. The molecule has 0 aromatic heterocycles. The SMILES string of the molecule is Cc1ccc(NC2=CC(=O)N(CCO)C2=O)c(O)c1C. The minimum absolute atomic E-state index is 0.0434. The molecule has 0 saturated heterocycles. The summed E-state index contributed by atoms with van der Waals surface area (Å²) in [6.45, 7) is 3.31. The molecule has 6 nitrogen and oxygen atoms in total. The zero-order valence-electron chi connectivity index (χ0n) is 11.3. The van der Waals surface area contributed by atoms with E-state index < -0.39 is 11.8 Å². The fourth-order valence-corrected chi connectivity index (χ4v) is 1.96. The lowest BCUT2D eigenvalue weighted by atomic mass is 10.1. The van der Waals surface area contributed by atoms with Crippen LogP contribution in [0, 0.1) is 13.8 Å². The first-order chi connectivity index (χ1) is 9.45. The molecule has 1 heterocycles. The predicted octanol–water partition coefficient (Wildman–Crippen LogP) is 0.666. The third-order valence-corrected chi connectivity index (χ3v) is 3.30. The number of hydrogen-bond acceptors (Lipinski definition) is 5. The minimum atomic E-state index is -0.512. The van der Waals surface area contributed by atoms with Crippen LogP contribution < -0.4 is 5.32 Å². The number of nitrogens with one attached hydrogen (secondary N) is 1. The van der Waals surface area contributed by atoms with Crippen molar-refractivity contribution in [2.45, 2.75) is 13.8 Å². The summed E-state index contributed by atoms with van der Waals surface area (Å²) in [4.78, 5) is 24.5. The Morgan fingerprint density at radius 3 is 2.60 bits per heavy atom. The number of phenolic OH excluding ortho intramolecular Hbond substituents is 1. The second-order valence-corrected chi connectivity index (χ2v) is 4.61. The van der Waals surface area contributed by atoms with Crippen molar-refractivity contribution in [1.82, 2.24) is 4.90 Å². The van der Waals surface area contributed by atoms with Gasteiger partial charge in [-0.25, -0.2) is 0 Å². The third kappa shape index (κ3) is 2.37. The lowest BCUT2D eigenvalue weighted by molar-refractivity contribution is -0.137. The van der Waals surface area contributed by atoms with Crippen LogP contribution in [-0.2, 0) is 9.59 Å². The number of aryl methyl sites for hydroxylation is 1. The quantitative estimate of drug-likeness (QED) is 0.555. The molecule has 1 aromatic rings. The van der Waals surface area contributed by atoms with Crippen molar-refractivity contribution in [2.24, 2.45) is 0 Å². The molecular formula is C14H16N2O4. The second-order valence-electron chi connectivity index (χ2n) is 4.61. The van der Waals surface area contributed by atoms with Crippen LogP contribution >= 0.6 is 0 Å². The smallest absolute Gasteiger partial charge is 0.277 e. The lowest BCUT2D eigenvalue weighted by Gasteiger charge is -2.15. The van der Waals surface area contributed by atoms with E-state index in [1.54, 1.807) is 13.0 Å². The van der Waals surface area contributed by atoms with E-state index in [-0.39, 0.29) is 24.6 Å². The maximum atomic E-state index is 12.0. The van der Waals surface area contributed by atoms with Gasteiger partial charge in [-0.3, -0.25) is 14.5 Å². The van der Waals surface area contributed by atoms with Crippen LogP contribution in [0.2, 0.25) is 0 Å². The normalized spacial score (nSPS) is 14.8. The highest BCUT2D eigenvalue weighted by atomic mass is 16.3. The van der Waals surface area contributed by atoms with Crippen molar-refractivity contribution in [3.8, 4) is 5.75 Å². The summed E-state index contributed by atoms with van der Waals surface area (Å²) in [6.07, 6.45) is 1.16. The molecule has 0 unspecified atom stereocenters. The first-order valence-electron chi connectivity index (χ1n) is 6.20. The van der Waals surface area contributed by atoms with Crippen molar-refractivity contribution < 1.29 is 19.8 Å². The first kappa shape index (κ1) is 14.1. The van der Waals surface area contributed by atoms with Crippen molar-refractivity contribution >= 4 is 17.5 Å². The third-order valence-electron chi connectivity index (χ3n) is 3.30. The largest absolute Gasteiger partial charge is 0.505 e. The lowest BCUT2D eigenvalue weighted by Crippen LogP contribution is -2.34. The van der Waals surface area contributed by atoms with Crippen LogP contribution in [0.1, 0.15) is 11.1 Å². The van der Waals surface area contributed by atoms with E-state index >= 15 is 0 Å². The first-order valence-corrected chi connectivity index (χ1v) is 6.20. The van der Waals surface area contributed by atoms with Crippen LogP contribution in [-0.4, -0.2) is 40.1 Å². The Morgan fingerprint density at radius 2 is 1.95 bits per heavy atom. The standard InChI is InChI=1S/C14H16N2O4/c1-8-3-4-10(13(19)9(8)2)15-11-7-12(18)16(5-6-17)14(11)20/h3-4,7,15,17,19H,5-6H2,1-2H3. The fourth-order valence-electron chi connectivity index (χ4n) is 1.96. The Bertz CT molecular complexity index is 607. The zero-order chi connectivity index (χ0) is 14.9. The molecule has 0 aliphatic carbocycles. The molecule has 2 rings (SSSR count). The number of hydrogen-bond donors (Lipinski definition) is 3. The molecule has 1 aromatic carbocycles. The maximum absolute atomic E-state index is 12.0. The summed E-state index contributed by atoms with van der Waals surface area (Å²) in [5, 5.41) is 21.6. The second kappa shape index (κ2) is 5.34. The molecule has 6 heteroatoms. The molecule has 3 N–H and O–H groups in total. The number of aromatic hydroxyl groups is 1. The van der Waals surface area contributed by atoms with E-state index in [9.17, 15) is 14.7 Å². The van der Waals surface area contributed by atoms with Gasteiger partial charge >= 0.3 is 0 Å². The number of rotatable bonds is 4. The van der Waals surface area contributed by atoms with Gasteiger partial charge in [-0.2, -0.15) is 0 Å². The predicted molar refractivity (Wildman–Crippen MR) is 73.1 cm³/mol. The Kier molecular flexibility index (Phi) is 3.76. The molecule has 0 radical (unpaired) electrons. The molecule has 0 spiro atoms. The van der Waals surface area contributed by atoms with Crippen LogP contribution in [0.25, 0.3) is 0 Å². The van der Waals surface area contributed by atoms with E-state index in [1.807, 2.05) is 13.0 Å². The Morgan fingerprint density at radius 1 is 1.25 bits per heavy atom. The summed E-state index contributed by atoms with van der Waals surface area (Å²) >= 11 is 0. The highest BCUT2D eigenvalue weighted by Crippen LogP contribution is 2.31. The van der Waals surface area contributed by atoms with Crippen molar-refractivity contribution in [3.63, 3.8) is 0 Å². The van der Waals surface area contributed by atoms with E-state index in [0.717, 1.165) is 16.5 Å². The van der Waals surface area contributed by atoms with E-state index in [4.69, 9.17) is 5.11 Å². The number of imide groups is 1. The van der Waals surface area contributed by atoms with Gasteiger partial charge in [-0.1, -0.05) is 6.07 Å². The number of anilines is 1. The van der Waals surface area contributed by atoms with E-state index in [0.29, 0.717) is 11.3 Å². The molecule has 1 aliphatic heterocycles. The van der Waals surface area contributed by atoms with Crippen LogP contribution in [0.15, 0.2) is 23.9 Å². The van der Waals surface area contributed by atoms with Crippen molar-refractivity contribution in [1.29, 1.82) is 0 Å². The maximum Gasteiger partial charge on any atom is 0.277 e. The van der Waals surface area contributed by atoms with Crippen molar-refractivity contribution in [2.75, 3.05) is 18.5 Å².